The first-order valence-corrected chi connectivity index (χ1v) is 7.94. The summed E-state index contributed by atoms with van der Waals surface area (Å²) in [5.41, 5.74) is 9.72. The lowest BCUT2D eigenvalue weighted by atomic mass is 9.71. The van der Waals surface area contributed by atoms with Crippen LogP contribution in [-0.4, -0.2) is 0 Å². The second-order valence-corrected chi connectivity index (χ2v) is 6.34. The van der Waals surface area contributed by atoms with Gasteiger partial charge >= 0.3 is 0 Å². The molecule has 0 heteroatoms. The Bertz CT molecular complexity index is 958. The molecule has 0 atom stereocenters. The van der Waals surface area contributed by atoms with Crippen molar-refractivity contribution in [3.63, 3.8) is 0 Å². The van der Waals surface area contributed by atoms with E-state index in [1.807, 2.05) is 0 Å². The van der Waals surface area contributed by atoms with Crippen LogP contribution in [0.25, 0.3) is 16.7 Å². The molecule has 0 unspecified atom stereocenters. The molecule has 2 aliphatic rings. The van der Waals surface area contributed by atoms with Crippen molar-refractivity contribution in [3.8, 4) is 11.1 Å². The fourth-order valence-corrected chi connectivity index (χ4v) is 4.48. The molecule has 2 aliphatic carbocycles. The third-order valence-corrected chi connectivity index (χ3v) is 5.43. The average molecular weight is 292 g/mol. The van der Waals surface area contributed by atoms with E-state index < -0.39 is 0 Å². The molecule has 3 aromatic rings. The van der Waals surface area contributed by atoms with E-state index >= 15 is 0 Å². The first-order valence-electron chi connectivity index (χ1n) is 7.94. The van der Waals surface area contributed by atoms with Gasteiger partial charge in [0.2, 0.25) is 0 Å². The molecule has 0 radical (unpaired) electrons. The monoisotopic (exact) mass is 292 g/mol. The Labute approximate surface area is 136 Å². The van der Waals surface area contributed by atoms with Gasteiger partial charge < -0.3 is 0 Å². The van der Waals surface area contributed by atoms with Crippen molar-refractivity contribution in [3.05, 3.63) is 114 Å². The Balaban J connectivity index is 2.02. The Hall–Kier alpha value is -2.86. The minimum absolute atomic E-state index is 0.277. The second kappa shape index (κ2) is 4.11. The highest BCUT2D eigenvalue weighted by Crippen LogP contribution is 2.62. The summed E-state index contributed by atoms with van der Waals surface area (Å²) in [6.07, 6.45) is 0. The number of fused-ring (bicyclic) bond motifs is 7. The molecule has 0 saturated carbocycles. The maximum atomic E-state index is 4.48. The van der Waals surface area contributed by atoms with E-state index in [-0.39, 0.29) is 5.41 Å². The van der Waals surface area contributed by atoms with Crippen LogP contribution in [0, 0.1) is 0 Å². The summed E-state index contributed by atoms with van der Waals surface area (Å²) in [7, 11) is 0. The van der Waals surface area contributed by atoms with Crippen molar-refractivity contribution in [2.75, 3.05) is 0 Å². The first kappa shape index (κ1) is 12.7. The number of allylic oxidation sites excluding steroid dienone is 2. The van der Waals surface area contributed by atoms with Crippen LogP contribution >= 0.6 is 0 Å². The molecule has 1 spiro atoms. The molecular weight excluding hydrogens is 276 g/mol. The van der Waals surface area contributed by atoms with E-state index in [0.717, 1.165) is 11.1 Å². The summed E-state index contributed by atoms with van der Waals surface area (Å²) in [5, 5.41) is 0. The molecule has 0 bridgehead atoms. The summed E-state index contributed by atoms with van der Waals surface area (Å²) < 4.78 is 0. The van der Waals surface area contributed by atoms with Crippen molar-refractivity contribution in [1.29, 1.82) is 0 Å². The topological polar surface area (TPSA) is 0 Å². The predicted octanol–water partition coefficient (Wildman–Crippen LogP) is 5.58. The van der Waals surface area contributed by atoms with E-state index in [4.69, 9.17) is 0 Å². The molecule has 108 valence electrons. The molecule has 5 rings (SSSR count). The average Bonchev–Trinajstić information content (AvgIpc) is 3.03. The van der Waals surface area contributed by atoms with Gasteiger partial charge in [0.15, 0.2) is 0 Å². The molecule has 0 heterocycles. The van der Waals surface area contributed by atoms with Gasteiger partial charge in [0.1, 0.15) is 0 Å². The van der Waals surface area contributed by atoms with Crippen LogP contribution in [0.15, 0.2) is 91.5 Å². The summed E-state index contributed by atoms with van der Waals surface area (Å²) >= 11 is 0. The lowest BCUT2D eigenvalue weighted by molar-refractivity contribution is 0.798. The van der Waals surface area contributed by atoms with Gasteiger partial charge in [-0.1, -0.05) is 86.0 Å². The molecular formula is C23H16. The Morgan fingerprint density at radius 1 is 0.522 bits per heavy atom. The van der Waals surface area contributed by atoms with E-state index in [1.165, 1.54) is 33.4 Å². The fraction of sp³-hybridized carbons (Fsp3) is 0.0435. The highest BCUT2D eigenvalue weighted by Gasteiger charge is 2.51. The van der Waals surface area contributed by atoms with Crippen molar-refractivity contribution in [1.82, 2.24) is 0 Å². The zero-order valence-electron chi connectivity index (χ0n) is 12.8. The lowest BCUT2D eigenvalue weighted by Crippen LogP contribution is -2.25. The van der Waals surface area contributed by atoms with Crippen LogP contribution < -0.4 is 0 Å². The van der Waals surface area contributed by atoms with Gasteiger partial charge in [-0.05, 0) is 44.5 Å². The smallest absolute Gasteiger partial charge is 0.0719 e. The summed E-state index contributed by atoms with van der Waals surface area (Å²) in [4.78, 5) is 0. The van der Waals surface area contributed by atoms with Crippen molar-refractivity contribution in [2.45, 2.75) is 5.41 Å². The number of rotatable bonds is 0. The van der Waals surface area contributed by atoms with Crippen molar-refractivity contribution in [2.24, 2.45) is 0 Å². The molecule has 23 heavy (non-hydrogen) atoms. The van der Waals surface area contributed by atoms with E-state index in [2.05, 4.69) is 86.0 Å². The normalized spacial score (nSPS) is 16.3. The van der Waals surface area contributed by atoms with Crippen molar-refractivity contribution >= 4 is 5.57 Å². The van der Waals surface area contributed by atoms with Gasteiger partial charge in [-0.3, -0.25) is 0 Å². The standard InChI is InChI=1S/C23H16/c1-15-16(2)23(20-12-6-3-9-17(15)20)21-13-7-4-10-18(21)19-11-5-8-14-22(19)23/h3-14H,1-2H2. The van der Waals surface area contributed by atoms with Crippen LogP contribution in [0.1, 0.15) is 22.3 Å². The predicted molar refractivity (Wildman–Crippen MR) is 96.4 cm³/mol. The number of benzene rings is 3. The van der Waals surface area contributed by atoms with Crippen molar-refractivity contribution < 1.29 is 0 Å². The van der Waals surface area contributed by atoms with Crippen LogP contribution in [-0.2, 0) is 5.41 Å². The fourth-order valence-electron chi connectivity index (χ4n) is 4.48. The van der Waals surface area contributed by atoms with Gasteiger partial charge in [-0.25, -0.2) is 0 Å². The number of hydrogen-bond acceptors (Lipinski definition) is 0. The third kappa shape index (κ3) is 1.29. The van der Waals surface area contributed by atoms with E-state index in [9.17, 15) is 0 Å². The SMILES string of the molecule is C=C1C(=C)C2(c3ccccc31)c1ccccc1-c1ccccc12. The van der Waals surface area contributed by atoms with Crippen LogP contribution in [0.5, 0.6) is 0 Å². The lowest BCUT2D eigenvalue weighted by Gasteiger charge is -2.30. The zero-order valence-corrected chi connectivity index (χ0v) is 12.8. The molecule has 0 aliphatic heterocycles. The quantitative estimate of drug-likeness (QED) is 0.507. The maximum Gasteiger partial charge on any atom is 0.0719 e. The third-order valence-electron chi connectivity index (χ3n) is 5.43. The summed E-state index contributed by atoms with van der Waals surface area (Å²) in [6.45, 7) is 8.83. The van der Waals surface area contributed by atoms with Crippen LogP contribution in [0.4, 0.5) is 0 Å². The summed E-state index contributed by atoms with van der Waals surface area (Å²) in [5.74, 6) is 0. The largest absolute Gasteiger partial charge is 0.0936 e. The molecule has 0 nitrogen and oxygen atoms in total. The first-order chi connectivity index (χ1) is 11.3. The maximum absolute atomic E-state index is 4.48. The molecule has 0 N–H and O–H groups in total. The molecule has 0 fully saturated rings. The summed E-state index contributed by atoms with van der Waals surface area (Å²) in [6, 6.07) is 26.0. The second-order valence-electron chi connectivity index (χ2n) is 6.34. The van der Waals surface area contributed by atoms with E-state index in [0.29, 0.717) is 0 Å². The molecule has 0 amide bonds. The Morgan fingerprint density at radius 3 is 1.43 bits per heavy atom. The van der Waals surface area contributed by atoms with Gasteiger partial charge in [0.25, 0.3) is 0 Å². The van der Waals surface area contributed by atoms with E-state index in [1.54, 1.807) is 0 Å². The minimum atomic E-state index is -0.277. The highest BCUT2D eigenvalue weighted by atomic mass is 14.5. The van der Waals surface area contributed by atoms with Crippen LogP contribution in [0.2, 0.25) is 0 Å². The van der Waals surface area contributed by atoms with Crippen LogP contribution in [0.3, 0.4) is 0 Å². The highest BCUT2D eigenvalue weighted by molar-refractivity contribution is 5.98. The Kier molecular flexibility index (Phi) is 2.26. The minimum Gasteiger partial charge on any atom is -0.0936 e. The molecule has 3 aromatic carbocycles. The molecule has 0 saturated heterocycles. The Morgan fingerprint density at radius 2 is 0.913 bits per heavy atom. The zero-order chi connectivity index (χ0) is 15.6. The van der Waals surface area contributed by atoms with Gasteiger partial charge in [0, 0.05) is 0 Å². The van der Waals surface area contributed by atoms with Gasteiger partial charge in [-0.15, -0.1) is 0 Å². The van der Waals surface area contributed by atoms with Gasteiger partial charge in [0.05, 0.1) is 5.41 Å². The number of hydrogen-bond donors (Lipinski definition) is 0. The van der Waals surface area contributed by atoms with Gasteiger partial charge in [-0.2, -0.15) is 0 Å². The molecule has 0 aromatic heterocycles.